The third-order valence-electron chi connectivity index (χ3n) is 2.82. The highest BCUT2D eigenvalue weighted by Gasteiger charge is 2.08. The van der Waals surface area contributed by atoms with Crippen molar-refractivity contribution in [2.75, 3.05) is 0 Å². The van der Waals surface area contributed by atoms with Crippen LogP contribution in [0.1, 0.15) is 26.3 Å². The second-order valence-corrected chi connectivity index (χ2v) is 5.59. The van der Waals surface area contributed by atoms with E-state index in [-0.39, 0.29) is 5.54 Å². The van der Waals surface area contributed by atoms with Gasteiger partial charge in [-0.2, -0.15) is 0 Å². The maximum atomic E-state index is 3.49. The van der Waals surface area contributed by atoms with E-state index in [2.05, 4.69) is 62.5 Å². The molecule has 2 aromatic rings. The first-order chi connectivity index (χ1) is 8.54. The summed E-state index contributed by atoms with van der Waals surface area (Å²) in [6.07, 6.45) is 0. The van der Waals surface area contributed by atoms with Crippen LogP contribution in [0, 0.1) is 6.07 Å². The van der Waals surface area contributed by atoms with Crippen molar-refractivity contribution in [2.45, 2.75) is 32.9 Å². The predicted molar refractivity (Wildman–Crippen MR) is 77.3 cm³/mol. The van der Waals surface area contributed by atoms with Crippen LogP contribution in [-0.4, -0.2) is 5.54 Å². The molecule has 0 saturated carbocycles. The van der Waals surface area contributed by atoms with Gasteiger partial charge in [-0.25, -0.2) is 0 Å². The molecule has 1 nitrogen and oxygen atoms in total. The summed E-state index contributed by atoms with van der Waals surface area (Å²) in [6.45, 7) is 7.45. The van der Waals surface area contributed by atoms with Crippen LogP contribution < -0.4 is 5.32 Å². The fourth-order valence-electron chi connectivity index (χ4n) is 1.76. The van der Waals surface area contributed by atoms with E-state index in [1.165, 1.54) is 16.7 Å². The number of hydrogen-bond acceptors (Lipinski definition) is 1. The minimum atomic E-state index is 0.160. The number of benzene rings is 2. The molecular weight excluding hydrogens is 218 g/mol. The molecule has 18 heavy (non-hydrogen) atoms. The summed E-state index contributed by atoms with van der Waals surface area (Å²) in [5.74, 6) is 0. The molecule has 2 aromatic carbocycles. The molecule has 1 N–H and O–H groups in total. The quantitative estimate of drug-likeness (QED) is 0.851. The Morgan fingerprint density at radius 2 is 1.72 bits per heavy atom. The number of rotatable bonds is 3. The molecule has 0 amide bonds. The highest BCUT2D eigenvalue weighted by molar-refractivity contribution is 5.63. The van der Waals surface area contributed by atoms with Crippen molar-refractivity contribution in [3.8, 4) is 11.1 Å². The minimum Gasteiger partial charge on any atom is -0.308 e. The van der Waals surface area contributed by atoms with Crippen LogP contribution in [-0.2, 0) is 6.54 Å². The van der Waals surface area contributed by atoms with Crippen LogP contribution in [0.15, 0.2) is 48.5 Å². The molecule has 0 atom stereocenters. The highest BCUT2D eigenvalue weighted by Crippen LogP contribution is 2.19. The van der Waals surface area contributed by atoms with Gasteiger partial charge in [-0.1, -0.05) is 42.5 Å². The van der Waals surface area contributed by atoms with E-state index >= 15 is 0 Å². The Kier molecular flexibility index (Phi) is 3.83. The largest absolute Gasteiger partial charge is 0.308 e. The molecule has 0 aliphatic heterocycles. The lowest BCUT2D eigenvalue weighted by Gasteiger charge is -2.20. The normalized spacial score (nSPS) is 11.5. The zero-order valence-corrected chi connectivity index (χ0v) is 11.3. The minimum absolute atomic E-state index is 0.160. The van der Waals surface area contributed by atoms with Gasteiger partial charge in [0.15, 0.2) is 0 Å². The second kappa shape index (κ2) is 5.36. The van der Waals surface area contributed by atoms with Crippen LogP contribution in [0.4, 0.5) is 0 Å². The van der Waals surface area contributed by atoms with Gasteiger partial charge in [-0.05, 0) is 49.6 Å². The third-order valence-corrected chi connectivity index (χ3v) is 2.82. The molecule has 0 unspecified atom stereocenters. The standard InChI is InChI=1S/C17H20N/c1-17(2,3)18-13-14-9-11-16(12-10-14)15-7-5-4-6-8-15/h4-5,7-12,18H,13H2,1-3H3. The fourth-order valence-corrected chi connectivity index (χ4v) is 1.76. The highest BCUT2D eigenvalue weighted by atomic mass is 14.9. The summed E-state index contributed by atoms with van der Waals surface area (Å²) < 4.78 is 0. The summed E-state index contributed by atoms with van der Waals surface area (Å²) in [7, 11) is 0. The van der Waals surface area contributed by atoms with Crippen LogP contribution in [0.25, 0.3) is 11.1 Å². The molecule has 93 valence electrons. The summed E-state index contributed by atoms with van der Waals surface area (Å²) in [6, 6.07) is 19.9. The Balaban J connectivity index is 2.07. The van der Waals surface area contributed by atoms with Crippen LogP contribution in [0.5, 0.6) is 0 Å². The van der Waals surface area contributed by atoms with Gasteiger partial charge in [0.25, 0.3) is 0 Å². The first-order valence-electron chi connectivity index (χ1n) is 6.35. The van der Waals surface area contributed by atoms with E-state index in [9.17, 15) is 0 Å². The molecule has 0 aliphatic rings. The van der Waals surface area contributed by atoms with Crippen molar-refractivity contribution in [1.82, 2.24) is 5.32 Å². The Hall–Kier alpha value is -1.60. The summed E-state index contributed by atoms with van der Waals surface area (Å²) >= 11 is 0. The van der Waals surface area contributed by atoms with Gasteiger partial charge in [0.1, 0.15) is 0 Å². The zero-order chi connectivity index (χ0) is 13.0. The Labute approximate surface area is 110 Å². The Bertz CT molecular complexity index is 477. The van der Waals surface area contributed by atoms with Crippen LogP contribution in [0.3, 0.4) is 0 Å². The number of nitrogens with one attached hydrogen (secondary N) is 1. The molecule has 1 heteroatoms. The lowest BCUT2D eigenvalue weighted by molar-refractivity contribution is 0.424. The monoisotopic (exact) mass is 238 g/mol. The zero-order valence-electron chi connectivity index (χ0n) is 11.3. The average molecular weight is 238 g/mol. The molecule has 0 heterocycles. The molecule has 0 fully saturated rings. The van der Waals surface area contributed by atoms with Gasteiger partial charge >= 0.3 is 0 Å². The van der Waals surface area contributed by atoms with Crippen molar-refractivity contribution in [1.29, 1.82) is 0 Å². The van der Waals surface area contributed by atoms with Crippen molar-refractivity contribution in [2.24, 2.45) is 0 Å². The second-order valence-electron chi connectivity index (χ2n) is 5.59. The molecular formula is C17H20N. The summed E-state index contributed by atoms with van der Waals surface area (Å²) in [5, 5.41) is 3.49. The molecule has 0 aromatic heterocycles. The summed E-state index contributed by atoms with van der Waals surface area (Å²) in [5.41, 5.74) is 3.93. The van der Waals surface area contributed by atoms with Crippen molar-refractivity contribution >= 4 is 0 Å². The van der Waals surface area contributed by atoms with Gasteiger partial charge < -0.3 is 5.32 Å². The Morgan fingerprint density at radius 1 is 1.00 bits per heavy atom. The van der Waals surface area contributed by atoms with Crippen molar-refractivity contribution in [3.63, 3.8) is 0 Å². The molecule has 1 radical (unpaired) electrons. The number of hydrogen-bond donors (Lipinski definition) is 1. The molecule has 0 saturated heterocycles. The van der Waals surface area contributed by atoms with Gasteiger partial charge in [0.2, 0.25) is 0 Å². The maximum Gasteiger partial charge on any atom is 0.0210 e. The van der Waals surface area contributed by atoms with Gasteiger partial charge in [0, 0.05) is 12.1 Å². The molecule has 0 bridgehead atoms. The van der Waals surface area contributed by atoms with Gasteiger partial charge in [0.05, 0.1) is 0 Å². The molecule has 0 spiro atoms. The molecule has 0 aliphatic carbocycles. The van der Waals surface area contributed by atoms with Crippen molar-refractivity contribution in [3.05, 3.63) is 60.2 Å². The van der Waals surface area contributed by atoms with E-state index in [4.69, 9.17) is 0 Å². The summed E-state index contributed by atoms with van der Waals surface area (Å²) in [4.78, 5) is 0. The van der Waals surface area contributed by atoms with Crippen LogP contribution in [0.2, 0.25) is 0 Å². The maximum absolute atomic E-state index is 3.49. The topological polar surface area (TPSA) is 12.0 Å². The Morgan fingerprint density at radius 3 is 2.28 bits per heavy atom. The van der Waals surface area contributed by atoms with Gasteiger partial charge in [-0.3, -0.25) is 0 Å². The van der Waals surface area contributed by atoms with Crippen molar-refractivity contribution < 1.29 is 0 Å². The SMILES string of the molecule is CC(C)(C)NCc1ccc(-c2c[c]ccc2)cc1. The fraction of sp³-hybridized carbons (Fsp3) is 0.294. The lowest BCUT2D eigenvalue weighted by atomic mass is 10.0. The predicted octanol–water partition coefficient (Wildman–Crippen LogP) is 4.04. The lowest BCUT2D eigenvalue weighted by Crippen LogP contribution is -2.35. The van der Waals surface area contributed by atoms with E-state index in [1.54, 1.807) is 0 Å². The van der Waals surface area contributed by atoms with E-state index in [1.807, 2.05) is 18.2 Å². The molecule has 2 rings (SSSR count). The van der Waals surface area contributed by atoms with E-state index in [0.29, 0.717) is 0 Å². The van der Waals surface area contributed by atoms with E-state index in [0.717, 1.165) is 6.54 Å². The smallest absolute Gasteiger partial charge is 0.0210 e. The van der Waals surface area contributed by atoms with Gasteiger partial charge in [-0.15, -0.1) is 0 Å². The van der Waals surface area contributed by atoms with E-state index < -0.39 is 0 Å². The third kappa shape index (κ3) is 3.71. The average Bonchev–Trinajstić information content (AvgIpc) is 2.37. The first-order valence-corrected chi connectivity index (χ1v) is 6.35. The van der Waals surface area contributed by atoms with Crippen LogP contribution >= 0.6 is 0 Å². The first kappa shape index (κ1) is 12.8.